The lowest BCUT2D eigenvalue weighted by Crippen LogP contribution is -2.13. The van der Waals surface area contributed by atoms with Crippen LogP contribution in [0.4, 0.5) is 21.7 Å². The summed E-state index contributed by atoms with van der Waals surface area (Å²) in [6.07, 6.45) is 0. The minimum Gasteiger partial charge on any atom is -0.382 e. The SMILES string of the molecule is Nc1nc(NCc2ccc(F)cc2)ccc1NC(=O)c1cc2ccccc2s1. The molecule has 140 valence electrons. The van der Waals surface area contributed by atoms with E-state index in [1.54, 1.807) is 24.3 Å². The van der Waals surface area contributed by atoms with E-state index >= 15 is 0 Å². The minimum atomic E-state index is -0.273. The standard InChI is InChI=1S/C21H17FN4OS/c22-15-7-5-13(6-8-15)12-24-19-10-9-16(20(23)26-19)25-21(27)18-11-14-3-1-2-4-17(14)28-18/h1-11H,12H2,(H,25,27)(H3,23,24,26). The zero-order valence-electron chi connectivity index (χ0n) is 14.8. The molecule has 0 spiro atoms. The number of anilines is 3. The van der Waals surface area contributed by atoms with E-state index in [1.807, 2.05) is 30.3 Å². The number of amides is 1. The Kier molecular flexibility index (Phi) is 4.90. The van der Waals surface area contributed by atoms with Gasteiger partial charge in [0.1, 0.15) is 17.5 Å². The second kappa shape index (κ2) is 7.66. The second-order valence-corrected chi connectivity index (χ2v) is 7.30. The molecule has 0 aliphatic heterocycles. The summed E-state index contributed by atoms with van der Waals surface area (Å²) in [5, 5.41) is 6.97. The molecule has 0 atom stereocenters. The predicted octanol–water partition coefficient (Wildman–Crippen LogP) is 4.88. The highest BCUT2D eigenvalue weighted by molar-refractivity contribution is 7.20. The van der Waals surface area contributed by atoms with Crippen LogP contribution in [-0.4, -0.2) is 10.9 Å². The topological polar surface area (TPSA) is 80.0 Å². The van der Waals surface area contributed by atoms with Crippen molar-refractivity contribution in [2.75, 3.05) is 16.4 Å². The lowest BCUT2D eigenvalue weighted by atomic mass is 10.2. The third kappa shape index (κ3) is 3.94. The van der Waals surface area contributed by atoms with Crippen LogP contribution in [0.2, 0.25) is 0 Å². The number of benzene rings is 2. The Morgan fingerprint density at radius 2 is 1.86 bits per heavy atom. The minimum absolute atomic E-state index is 0.221. The van der Waals surface area contributed by atoms with Crippen LogP contribution in [0.1, 0.15) is 15.2 Å². The van der Waals surface area contributed by atoms with Crippen molar-refractivity contribution in [2.24, 2.45) is 0 Å². The van der Waals surface area contributed by atoms with Gasteiger partial charge < -0.3 is 16.4 Å². The highest BCUT2D eigenvalue weighted by atomic mass is 32.1. The Balaban J connectivity index is 1.43. The number of hydrogen-bond acceptors (Lipinski definition) is 5. The van der Waals surface area contributed by atoms with Gasteiger partial charge in [-0.25, -0.2) is 9.37 Å². The number of halogens is 1. The van der Waals surface area contributed by atoms with Crippen molar-refractivity contribution in [1.29, 1.82) is 0 Å². The Hall–Kier alpha value is -3.45. The number of carbonyl (C=O) groups excluding carboxylic acids is 1. The number of thiophene rings is 1. The third-order valence-corrected chi connectivity index (χ3v) is 5.32. The summed E-state index contributed by atoms with van der Waals surface area (Å²) in [4.78, 5) is 17.4. The van der Waals surface area contributed by atoms with Crippen LogP contribution in [-0.2, 0) is 6.54 Å². The van der Waals surface area contributed by atoms with E-state index in [0.29, 0.717) is 22.9 Å². The molecule has 4 N–H and O–H groups in total. The summed E-state index contributed by atoms with van der Waals surface area (Å²) >= 11 is 1.43. The zero-order valence-corrected chi connectivity index (χ0v) is 15.6. The summed E-state index contributed by atoms with van der Waals surface area (Å²) < 4.78 is 14.0. The highest BCUT2D eigenvalue weighted by Crippen LogP contribution is 2.27. The molecule has 0 saturated heterocycles. The predicted molar refractivity (Wildman–Crippen MR) is 112 cm³/mol. The molecule has 4 rings (SSSR count). The van der Waals surface area contributed by atoms with Gasteiger partial charge in [0.25, 0.3) is 5.91 Å². The maximum Gasteiger partial charge on any atom is 0.265 e. The third-order valence-electron chi connectivity index (χ3n) is 4.21. The molecule has 4 aromatic rings. The number of hydrogen-bond donors (Lipinski definition) is 3. The molecule has 7 heteroatoms. The monoisotopic (exact) mass is 392 g/mol. The maximum absolute atomic E-state index is 13.0. The van der Waals surface area contributed by atoms with Gasteiger partial charge in [0.2, 0.25) is 0 Å². The molecule has 0 unspecified atom stereocenters. The van der Waals surface area contributed by atoms with Gasteiger partial charge in [0.05, 0.1) is 10.6 Å². The molecular formula is C21H17FN4OS. The second-order valence-electron chi connectivity index (χ2n) is 6.21. The quantitative estimate of drug-likeness (QED) is 0.452. The van der Waals surface area contributed by atoms with Crippen molar-refractivity contribution in [3.8, 4) is 0 Å². The van der Waals surface area contributed by atoms with Gasteiger partial charge in [-0.2, -0.15) is 0 Å². The van der Waals surface area contributed by atoms with Gasteiger partial charge in [-0.1, -0.05) is 30.3 Å². The smallest absolute Gasteiger partial charge is 0.265 e. The van der Waals surface area contributed by atoms with Gasteiger partial charge in [0, 0.05) is 11.2 Å². The van der Waals surface area contributed by atoms with E-state index in [4.69, 9.17) is 5.73 Å². The normalized spacial score (nSPS) is 10.8. The lowest BCUT2D eigenvalue weighted by molar-refractivity contribution is 0.103. The van der Waals surface area contributed by atoms with Crippen molar-refractivity contribution < 1.29 is 9.18 Å². The molecule has 1 amide bonds. The summed E-state index contributed by atoms with van der Waals surface area (Å²) in [5.74, 6) is 0.298. The molecule has 0 bridgehead atoms. The van der Waals surface area contributed by atoms with Crippen LogP contribution in [0, 0.1) is 5.82 Å². The van der Waals surface area contributed by atoms with Crippen molar-refractivity contribution in [2.45, 2.75) is 6.54 Å². The van der Waals surface area contributed by atoms with Gasteiger partial charge in [0.15, 0.2) is 0 Å². The molecular weight excluding hydrogens is 375 g/mol. The molecule has 5 nitrogen and oxygen atoms in total. The number of pyridine rings is 1. The number of nitrogens with zero attached hydrogens (tertiary/aromatic N) is 1. The van der Waals surface area contributed by atoms with E-state index in [2.05, 4.69) is 15.6 Å². The fourth-order valence-corrected chi connectivity index (χ4v) is 3.71. The first-order chi connectivity index (χ1) is 13.6. The van der Waals surface area contributed by atoms with Crippen LogP contribution in [0.15, 0.2) is 66.7 Å². The summed E-state index contributed by atoms with van der Waals surface area (Å²) in [7, 11) is 0. The van der Waals surface area contributed by atoms with E-state index in [1.165, 1.54) is 23.5 Å². The lowest BCUT2D eigenvalue weighted by Gasteiger charge is -2.10. The summed E-state index contributed by atoms with van der Waals surface area (Å²) in [6.45, 7) is 0.486. The molecule has 2 heterocycles. The van der Waals surface area contributed by atoms with Crippen LogP contribution in [0.5, 0.6) is 0 Å². The average Bonchev–Trinajstić information content (AvgIpc) is 3.14. The Labute approximate surface area is 165 Å². The first-order valence-corrected chi connectivity index (χ1v) is 9.45. The molecule has 0 radical (unpaired) electrons. The summed E-state index contributed by atoms with van der Waals surface area (Å²) in [5.41, 5.74) is 7.37. The molecule has 0 fully saturated rings. The molecule has 0 aliphatic rings. The average molecular weight is 392 g/mol. The van der Waals surface area contributed by atoms with Crippen molar-refractivity contribution in [3.05, 3.63) is 83.0 Å². The van der Waals surface area contributed by atoms with Crippen LogP contribution in [0.3, 0.4) is 0 Å². The van der Waals surface area contributed by atoms with E-state index in [9.17, 15) is 9.18 Å². The Morgan fingerprint density at radius 3 is 2.61 bits per heavy atom. The number of carbonyl (C=O) groups is 1. The molecule has 0 aliphatic carbocycles. The Morgan fingerprint density at radius 1 is 1.07 bits per heavy atom. The van der Waals surface area contributed by atoms with Gasteiger partial charge in [-0.15, -0.1) is 11.3 Å². The van der Waals surface area contributed by atoms with Crippen LogP contribution in [0.25, 0.3) is 10.1 Å². The van der Waals surface area contributed by atoms with Crippen molar-refractivity contribution >= 4 is 44.7 Å². The molecule has 2 aromatic heterocycles. The van der Waals surface area contributed by atoms with Crippen LogP contribution < -0.4 is 16.4 Å². The number of nitrogens with two attached hydrogens (primary N) is 1. The first-order valence-electron chi connectivity index (χ1n) is 8.63. The summed E-state index contributed by atoms with van der Waals surface area (Å²) in [6, 6.07) is 19.4. The van der Waals surface area contributed by atoms with Crippen molar-refractivity contribution in [1.82, 2.24) is 4.98 Å². The molecule has 28 heavy (non-hydrogen) atoms. The van der Waals surface area contributed by atoms with Crippen molar-refractivity contribution in [3.63, 3.8) is 0 Å². The highest BCUT2D eigenvalue weighted by Gasteiger charge is 2.12. The van der Waals surface area contributed by atoms with Gasteiger partial charge in [-0.3, -0.25) is 4.79 Å². The van der Waals surface area contributed by atoms with E-state index in [0.717, 1.165) is 15.6 Å². The van der Waals surface area contributed by atoms with E-state index < -0.39 is 0 Å². The number of nitrogen functional groups attached to an aromatic ring is 1. The fourth-order valence-electron chi connectivity index (χ4n) is 2.75. The number of rotatable bonds is 5. The first kappa shape index (κ1) is 17.9. The van der Waals surface area contributed by atoms with Gasteiger partial charge in [-0.05, 0) is 47.3 Å². The van der Waals surface area contributed by atoms with Crippen LogP contribution >= 0.6 is 11.3 Å². The maximum atomic E-state index is 13.0. The largest absolute Gasteiger partial charge is 0.382 e. The zero-order chi connectivity index (χ0) is 19.5. The fraction of sp³-hybridized carbons (Fsp3) is 0.0476. The number of nitrogens with one attached hydrogen (secondary N) is 2. The number of aromatic nitrogens is 1. The van der Waals surface area contributed by atoms with Gasteiger partial charge >= 0.3 is 0 Å². The number of fused-ring (bicyclic) bond motifs is 1. The Bertz CT molecular complexity index is 1110. The molecule has 2 aromatic carbocycles. The van der Waals surface area contributed by atoms with E-state index in [-0.39, 0.29) is 17.5 Å². The molecule has 0 saturated carbocycles.